The van der Waals surface area contributed by atoms with Gasteiger partial charge in [-0.25, -0.2) is 13.2 Å². The summed E-state index contributed by atoms with van der Waals surface area (Å²) in [5.41, 5.74) is 0.223. The Morgan fingerprint density at radius 3 is 2.96 bits per heavy atom. The molecule has 0 aromatic carbocycles. The number of fused-ring (bicyclic) bond motifs is 1. The van der Waals surface area contributed by atoms with Gasteiger partial charge in [-0.3, -0.25) is 4.79 Å². The van der Waals surface area contributed by atoms with Crippen molar-refractivity contribution in [3.8, 4) is 0 Å². The van der Waals surface area contributed by atoms with Gasteiger partial charge in [-0.2, -0.15) is 0 Å². The fourth-order valence-corrected chi connectivity index (χ4v) is 3.95. The van der Waals surface area contributed by atoms with Crippen molar-refractivity contribution in [2.45, 2.75) is 19.6 Å². The first-order chi connectivity index (χ1) is 12.3. The maximum absolute atomic E-state index is 12.2. The fraction of sp³-hybridized carbons (Fsp3) is 0.312. The second-order valence-corrected chi connectivity index (χ2v) is 8.48. The van der Waals surface area contributed by atoms with E-state index < -0.39 is 28.0 Å². The van der Waals surface area contributed by atoms with Gasteiger partial charge in [-0.05, 0) is 30.5 Å². The first kappa shape index (κ1) is 18.3. The molecule has 3 heterocycles. The topological polar surface area (TPSA) is 105 Å². The van der Waals surface area contributed by atoms with Crippen LogP contribution in [0.4, 0.5) is 0 Å². The zero-order valence-electron chi connectivity index (χ0n) is 13.9. The summed E-state index contributed by atoms with van der Waals surface area (Å²) in [7, 11) is -3.45. The molecule has 3 rings (SSSR count). The highest BCUT2D eigenvalue weighted by molar-refractivity contribution is 7.90. The SMILES string of the molecule is CC(OC(=O)C1=CN2CCS(=O)(=O)N=C2C=C1)C(=O)NCc1cccs1. The zero-order valence-corrected chi connectivity index (χ0v) is 15.5. The normalized spacial score (nSPS) is 19.0. The van der Waals surface area contributed by atoms with E-state index in [0.29, 0.717) is 6.54 Å². The first-order valence-corrected chi connectivity index (χ1v) is 10.3. The van der Waals surface area contributed by atoms with Crippen molar-refractivity contribution in [3.63, 3.8) is 0 Å². The summed E-state index contributed by atoms with van der Waals surface area (Å²) in [4.78, 5) is 26.9. The van der Waals surface area contributed by atoms with Crippen LogP contribution >= 0.6 is 11.3 Å². The first-order valence-electron chi connectivity index (χ1n) is 7.84. The van der Waals surface area contributed by atoms with Crippen LogP contribution in [-0.4, -0.2) is 49.4 Å². The molecular formula is C16H17N3O5S2. The number of nitrogens with one attached hydrogen (secondary N) is 1. The highest BCUT2D eigenvalue weighted by atomic mass is 32.2. The molecule has 2 aliphatic heterocycles. The van der Waals surface area contributed by atoms with Crippen LogP contribution in [-0.2, 0) is 30.9 Å². The number of hydrogen-bond donors (Lipinski definition) is 1. The highest BCUT2D eigenvalue weighted by Crippen LogP contribution is 2.17. The average Bonchev–Trinajstić information content (AvgIpc) is 3.11. The lowest BCUT2D eigenvalue weighted by Gasteiger charge is -2.27. The smallest absolute Gasteiger partial charge is 0.340 e. The van der Waals surface area contributed by atoms with Crippen LogP contribution in [0.2, 0.25) is 0 Å². The number of amidine groups is 1. The number of nitrogens with zero attached hydrogens (tertiary/aromatic N) is 2. The third kappa shape index (κ3) is 4.38. The largest absolute Gasteiger partial charge is 0.449 e. The lowest BCUT2D eigenvalue weighted by Crippen LogP contribution is -2.38. The quantitative estimate of drug-likeness (QED) is 0.739. The molecule has 0 saturated heterocycles. The molecule has 1 unspecified atom stereocenters. The van der Waals surface area contributed by atoms with Crippen molar-refractivity contribution in [2.24, 2.45) is 4.40 Å². The molecule has 0 bridgehead atoms. The third-order valence-corrected chi connectivity index (χ3v) is 5.77. The number of rotatable bonds is 5. The Labute approximate surface area is 154 Å². The van der Waals surface area contributed by atoms with Gasteiger partial charge in [0.05, 0.1) is 17.9 Å². The maximum Gasteiger partial charge on any atom is 0.340 e. The van der Waals surface area contributed by atoms with Crippen molar-refractivity contribution < 1.29 is 22.7 Å². The molecule has 8 nitrogen and oxygen atoms in total. The summed E-state index contributed by atoms with van der Waals surface area (Å²) < 4.78 is 31.8. The van der Waals surface area contributed by atoms with Crippen LogP contribution in [0.25, 0.3) is 0 Å². The summed E-state index contributed by atoms with van der Waals surface area (Å²) >= 11 is 1.52. The summed E-state index contributed by atoms with van der Waals surface area (Å²) in [5, 5.41) is 4.62. The molecule has 26 heavy (non-hydrogen) atoms. The number of carbonyl (C=O) groups is 2. The Hall–Kier alpha value is -2.46. The second-order valence-electron chi connectivity index (χ2n) is 5.69. The van der Waals surface area contributed by atoms with Gasteiger partial charge in [0.2, 0.25) is 0 Å². The van der Waals surface area contributed by atoms with Gasteiger partial charge in [0, 0.05) is 17.6 Å². The molecule has 1 aromatic heterocycles. The third-order valence-electron chi connectivity index (χ3n) is 3.73. The molecule has 1 amide bonds. The van der Waals surface area contributed by atoms with E-state index in [4.69, 9.17) is 4.74 Å². The summed E-state index contributed by atoms with van der Waals surface area (Å²) in [6.07, 6.45) is 3.39. The number of sulfonamides is 1. The fourth-order valence-electron chi connectivity index (χ4n) is 2.33. The van der Waals surface area contributed by atoms with Gasteiger partial charge in [0.1, 0.15) is 5.84 Å². The molecule has 1 atom stereocenters. The molecule has 0 spiro atoms. The van der Waals surface area contributed by atoms with E-state index in [9.17, 15) is 18.0 Å². The second kappa shape index (κ2) is 7.42. The Kier molecular flexibility index (Phi) is 5.23. The summed E-state index contributed by atoms with van der Waals surface area (Å²) in [6.45, 7) is 2.08. The van der Waals surface area contributed by atoms with Gasteiger partial charge in [0.25, 0.3) is 15.9 Å². The number of amides is 1. The molecule has 1 N–H and O–H groups in total. The van der Waals surface area contributed by atoms with Gasteiger partial charge < -0.3 is 15.0 Å². The van der Waals surface area contributed by atoms with Gasteiger partial charge in [0.15, 0.2) is 6.10 Å². The van der Waals surface area contributed by atoms with E-state index in [-0.39, 0.29) is 23.7 Å². The minimum atomic E-state index is -3.45. The van der Waals surface area contributed by atoms with Crippen molar-refractivity contribution in [3.05, 3.63) is 46.3 Å². The van der Waals surface area contributed by atoms with Gasteiger partial charge in [-0.1, -0.05) is 6.07 Å². The number of esters is 1. The van der Waals surface area contributed by atoms with Crippen molar-refractivity contribution in [1.29, 1.82) is 0 Å². The maximum atomic E-state index is 12.2. The Balaban J connectivity index is 1.57. The molecule has 2 aliphatic rings. The van der Waals surface area contributed by atoms with Crippen LogP contribution < -0.4 is 5.32 Å². The van der Waals surface area contributed by atoms with Crippen LogP contribution in [0, 0.1) is 0 Å². The van der Waals surface area contributed by atoms with Crippen LogP contribution in [0.3, 0.4) is 0 Å². The van der Waals surface area contributed by atoms with E-state index in [1.54, 1.807) is 4.90 Å². The molecule has 0 radical (unpaired) electrons. The lowest BCUT2D eigenvalue weighted by molar-refractivity contribution is -0.151. The van der Waals surface area contributed by atoms with Crippen molar-refractivity contribution >= 4 is 39.1 Å². The molecule has 1 aromatic rings. The molecule has 10 heteroatoms. The summed E-state index contributed by atoms with van der Waals surface area (Å²) in [6, 6.07) is 3.79. The van der Waals surface area contributed by atoms with Gasteiger partial charge in [-0.15, -0.1) is 15.7 Å². The predicted molar refractivity (Wildman–Crippen MR) is 96.9 cm³/mol. The Morgan fingerprint density at radius 2 is 2.23 bits per heavy atom. The molecule has 0 saturated carbocycles. The average molecular weight is 395 g/mol. The van der Waals surface area contributed by atoms with Crippen LogP contribution in [0.1, 0.15) is 11.8 Å². The van der Waals surface area contributed by atoms with E-state index in [2.05, 4.69) is 9.71 Å². The van der Waals surface area contributed by atoms with E-state index in [1.165, 1.54) is 36.6 Å². The van der Waals surface area contributed by atoms with E-state index in [0.717, 1.165) is 4.88 Å². The number of carbonyl (C=O) groups excluding carboxylic acids is 2. The van der Waals surface area contributed by atoms with Crippen LogP contribution in [0.15, 0.2) is 45.8 Å². The van der Waals surface area contributed by atoms with E-state index >= 15 is 0 Å². The molecule has 0 aliphatic carbocycles. The molecular weight excluding hydrogens is 378 g/mol. The summed E-state index contributed by atoms with van der Waals surface area (Å²) in [5.74, 6) is -0.912. The molecule has 0 fully saturated rings. The van der Waals surface area contributed by atoms with Crippen LogP contribution in [0.5, 0.6) is 0 Å². The number of thiophene rings is 1. The lowest BCUT2D eigenvalue weighted by atomic mass is 10.2. The van der Waals surface area contributed by atoms with E-state index in [1.807, 2.05) is 17.5 Å². The van der Waals surface area contributed by atoms with Gasteiger partial charge >= 0.3 is 5.97 Å². The zero-order chi connectivity index (χ0) is 18.7. The Bertz CT molecular complexity index is 900. The highest BCUT2D eigenvalue weighted by Gasteiger charge is 2.26. The Morgan fingerprint density at radius 1 is 1.42 bits per heavy atom. The molecule has 138 valence electrons. The number of hydrogen-bond acceptors (Lipinski definition) is 7. The standard InChI is InChI=1S/C16H17N3O5S2/c1-11(15(20)17-9-13-3-2-7-25-13)24-16(21)12-4-5-14-18-26(22,23)8-6-19(14)10-12/h2-5,7,10-11H,6,8-9H2,1H3,(H,17,20). The van der Waals surface area contributed by atoms with Crippen molar-refractivity contribution in [1.82, 2.24) is 10.2 Å². The number of ether oxygens (including phenoxy) is 1. The van der Waals surface area contributed by atoms with Crippen molar-refractivity contribution in [2.75, 3.05) is 12.3 Å². The monoisotopic (exact) mass is 395 g/mol. The minimum Gasteiger partial charge on any atom is -0.449 e. The minimum absolute atomic E-state index is 0.120. The predicted octanol–water partition coefficient (Wildman–Crippen LogP) is 0.794.